The van der Waals surface area contributed by atoms with Crippen LogP contribution in [0.3, 0.4) is 0 Å². The first-order chi connectivity index (χ1) is 8.16. The van der Waals surface area contributed by atoms with E-state index in [0.29, 0.717) is 0 Å². The van der Waals surface area contributed by atoms with E-state index in [0.717, 1.165) is 0 Å². The molecule has 0 radical (unpaired) electrons. The van der Waals surface area contributed by atoms with Gasteiger partial charge in [0.15, 0.2) is 0 Å². The van der Waals surface area contributed by atoms with Gasteiger partial charge < -0.3 is 0 Å². The summed E-state index contributed by atoms with van der Waals surface area (Å²) in [6.45, 7) is 0. The van der Waals surface area contributed by atoms with Crippen molar-refractivity contribution in [3.05, 3.63) is 48.5 Å². The van der Waals surface area contributed by atoms with Crippen LogP contribution in [0.4, 0.5) is 0 Å². The van der Waals surface area contributed by atoms with E-state index in [1.54, 1.807) is 0 Å². The topological polar surface area (TPSA) is 0 Å². The van der Waals surface area contributed by atoms with Crippen molar-refractivity contribution >= 4 is 33.5 Å². The van der Waals surface area contributed by atoms with Crippen molar-refractivity contribution in [1.82, 2.24) is 0 Å². The van der Waals surface area contributed by atoms with Crippen molar-refractivity contribution in [2.75, 3.05) is 0 Å². The van der Waals surface area contributed by atoms with E-state index in [9.17, 15) is 0 Å². The molecule has 0 saturated carbocycles. The molecule has 86 valence electrons. The van der Waals surface area contributed by atoms with Crippen LogP contribution in [0.1, 0.15) is 0 Å². The van der Waals surface area contributed by atoms with Crippen molar-refractivity contribution in [2.24, 2.45) is 0 Å². The van der Waals surface area contributed by atoms with Gasteiger partial charge in [-0.15, -0.1) is 0 Å². The van der Waals surface area contributed by atoms with Crippen molar-refractivity contribution in [2.45, 2.75) is 19.7 Å². The molecule has 0 saturated heterocycles. The molecular formula is C14H14S2Sn. The molecule has 0 N–H and O–H groups in total. The number of benzene rings is 2. The van der Waals surface area contributed by atoms with Gasteiger partial charge in [0.25, 0.3) is 0 Å². The molecule has 17 heavy (non-hydrogen) atoms. The van der Waals surface area contributed by atoms with Crippen LogP contribution in [0, 0.1) is 0 Å². The zero-order valence-electron chi connectivity index (χ0n) is 9.94. The van der Waals surface area contributed by atoms with Gasteiger partial charge in [-0.3, -0.25) is 0 Å². The van der Waals surface area contributed by atoms with Gasteiger partial charge in [0.2, 0.25) is 0 Å². The molecule has 0 amide bonds. The van der Waals surface area contributed by atoms with Crippen molar-refractivity contribution in [1.29, 1.82) is 0 Å². The Morgan fingerprint density at radius 3 is 2.35 bits per heavy atom. The van der Waals surface area contributed by atoms with Gasteiger partial charge in [0.05, 0.1) is 0 Å². The third-order valence-corrected chi connectivity index (χ3v) is 20.5. The summed E-state index contributed by atoms with van der Waals surface area (Å²) in [5.41, 5.74) is 2.77. The fourth-order valence-electron chi connectivity index (χ4n) is 2.08. The third-order valence-electron chi connectivity index (χ3n) is 2.77. The maximum absolute atomic E-state index is 2.50. The summed E-state index contributed by atoms with van der Waals surface area (Å²) in [6.07, 6.45) is 0. The van der Waals surface area contributed by atoms with Crippen molar-refractivity contribution in [3.63, 3.8) is 0 Å². The molecule has 0 nitrogen and oxygen atoms in total. The van der Waals surface area contributed by atoms with Crippen molar-refractivity contribution < 1.29 is 0 Å². The Balaban J connectivity index is 2.13. The molecule has 1 heterocycles. The predicted octanol–water partition coefficient (Wildman–Crippen LogP) is 5.25. The second kappa shape index (κ2) is 4.56. The average molecular weight is 365 g/mol. The average Bonchev–Trinajstić information content (AvgIpc) is 2.63. The summed E-state index contributed by atoms with van der Waals surface area (Å²) in [6, 6.07) is 17.5. The molecule has 0 atom stereocenters. The van der Waals surface area contributed by atoms with Crippen LogP contribution < -0.4 is 0 Å². The van der Waals surface area contributed by atoms with E-state index in [4.69, 9.17) is 0 Å². The van der Waals surface area contributed by atoms with Gasteiger partial charge in [0.1, 0.15) is 0 Å². The molecule has 1 aliphatic rings. The first-order valence-corrected chi connectivity index (χ1v) is 20.1. The maximum atomic E-state index is 2.50. The zero-order chi connectivity index (χ0) is 11.9. The zero-order valence-corrected chi connectivity index (χ0v) is 14.4. The molecule has 0 unspecified atom stereocenters. The Kier molecular flexibility index (Phi) is 3.22. The summed E-state index contributed by atoms with van der Waals surface area (Å²) >= 11 is -1.91. The molecule has 2 aromatic carbocycles. The van der Waals surface area contributed by atoms with E-state index in [2.05, 4.69) is 76.3 Å². The first kappa shape index (κ1) is 12.0. The van der Waals surface area contributed by atoms with E-state index in [1.807, 2.05) is 0 Å². The van der Waals surface area contributed by atoms with Gasteiger partial charge in [-0.2, -0.15) is 0 Å². The van der Waals surface area contributed by atoms with Crippen LogP contribution in [0.5, 0.6) is 0 Å². The predicted molar refractivity (Wildman–Crippen MR) is 81.1 cm³/mol. The molecular weight excluding hydrogens is 351 g/mol. The summed E-state index contributed by atoms with van der Waals surface area (Å²) in [5.74, 6) is 0. The normalized spacial score (nSPS) is 16.8. The molecule has 0 aliphatic carbocycles. The molecule has 0 spiro atoms. The molecule has 1 aliphatic heterocycles. The van der Waals surface area contributed by atoms with Crippen LogP contribution in [0.15, 0.2) is 58.3 Å². The number of fused-ring (bicyclic) bond motifs is 1. The van der Waals surface area contributed by atoms with Gasteiger partial charge in [-0.1, -0.05) is 0 Å². The second-order valence-corrected chi connectivity index (χ2v) is 32.8. The van der Waals surface area contributed by atoms with Crippen LogP contribution in [-0.2, 0) is 0 Å². The molecule has 0 aromatic heterocycles. The molecule has 3 heteroatoms. The summed E-state index contributed by atoms with van der Waals surface area (Å²) < 4.78 is 0. The van der Waals surface area contributed by atoms with Crippen LogP contribution in [0.2, 0.25) is 9.88 Å². The Morgan fingerprint density at radius 1 is 0.824 bits per heavy atom. The van der Waals surface area contributed by atoms with Gasteiger partial charge >= 0.3 is 113 Å². The van der Waals surface area contributed by atoms with Crippen molar-refractivity contribution in [3.8, 4) is 11.1 Å². The Labute approximate surface area is 112 Å². The third kappa shape index (κ3) is 2.40. The fourth-order valence-corrected chi connectivity index (χ4v) is 22.2. The van der Waals surface area contributed by atoms with Crippen LogP contribution >= 0.6 is 17.9 Å². The minimum absolute atomic E-state index is 1.35. The Hall–Kier alpha value is -0.0613. The number of rotatable bonds is 1. The monoisotopic (exact) mass is 366 g/mol. The first-order valence-electron chi connectivity index (χ1n) is 5.72. The molecule has 3 rings (SSSR count). The number of hydrogen-bond acceptors (Lipinski definition) is 2. The molecule has 2 aromatic rings. The van der Waals surface area contributed by atoms with Gasteiger partial charge in [-0.25, -0.2) is 0 Å². The minimum atomic E-state index is -1.91. The van der Waals surface area contributed by atoms with Crippen LogP contribution in [0.25, 0.3) is 11.1 Å². The molecule has 0 fully saturated rings. The standard InChI is InChI=1S/C12H10S2.2CH3.Sn/c13-11-8-4-7-10(12(11)14)9-5-2-1-3-6-9;;;/h1-8,13-14H;2*1H3;/q;;;+2/p-2. The Bertz CT molecular complexity index is 549. The van der Waals surface area contributed by atoms with E-state index in [1.165, 1.54) is 20.9 Å². The summed E-state index contributed by atoms with van der Waals surface area (Å²) in [5, 5.41) is 0. The second-order valence-electron chi connectivity index (χ2n) is 4.60. The SMILES string of the molecule is [CH3][Sn]1([CH3])[S]c2cccc(-c3ccccc3)c2[S]1. The quantitative estimate of drug-likeness (QED) is 0.633. The van der Waals surface area contributed by atoms with Gasteiger partial charge in [0, 0.05) is 0 Å². The van der Waals surface area contributed by atoms with E-state index in [-0.39, 0.29) is 0 Å². The summed E-state index contributed by atoms with van der Waals surface area (Å²) in [7, 11) is 4.36. The van der Waals surface area contributed by atoms with Gasteiger partial charge in [-0.05, 0) is 0 Å². The Morgan fingerprint density at radius 2 is 1.59 bits per heavy atom. The van der Waals surface area contributed by atoms with Crippen LogP contribution in [-0.4, -0.2) is 15.6 Å². The number of hydrogen-bond donors (Lipinski definition) is 0. The summed E-state index contributed by atoms with van der Waals surface area (Å²) in [4.78, 5) is 8.04. The van der Waals surface area contributed by atoms with E-state index >= 15 is 0 Å². The van der Waals surface area contributed by atoms with E-state index < -0.39 is 15.6 Å². The molecule has 0 bridgehead atoms. The fraction of sp³-hybridized carbons (Fsp3) is 0.143.